The maximum atomic E-state index is 12.6. The van der Waals surface area contributed by atoms with Gasteiger partial charge in [0.25, 0.3) is 5.91 Å². The van der Waals surface area contributed by atoms with Crippen LogP contribution in [0, 0.1) is 23.7 Å². The largest absolute Gasteiger partial charge is 0.354 e. The van der Waals surface area contributed by atoms with Crippen LogP contribution >= 0.6 is 0 Å². The summed E-state index contributed by atoms with van der Waals surface area (Å²) in [5.74, 6) is 1.28. The second-order valence-corrected chi connectivity index (χ2v) is 7.26. The number of amides is 1. The molecule has 1 saturated heterocycles. The highest BCUT2D eigenvalue weighted by molar-refractivity contribution is 5.92. The van der Waals surface area contributed by atoms with Crippen LogP contribution in [0.2, 0.25) is 0 Å². The van der Waals surface area contributed by atoms with Gasteiger partial charge < -0.3 is 10.2 Å². The minimum atomic E-state index is -0.161. The second kappa shape index (κ2) is 6.37. The Morgan fingerprint density at radius 2 is 2.19 bits per heavy atom. The third-order valence-corrected chi connectivity index (χ3v) is 5.15. The molecule has 26 heavy (non-hydrogen) atoms. The number of hydrogen-bond acceptors (Lipinski definition) is 6. The van der Waals surface area contributed by atoms with Crippen LogP contribution in [-0.4, -0.2) is 40.0 Å². The zero-order valence-electron chi connectivity index (χ0n) is 14.6. The van der Waals surface area contributed by atoms with Crippen LogP contribution in [0.3, 0.4) is 0 Å². The molecule has 2 aromatic rings. The van der Waals surface area contributed by atoms with E-state index >= 15 is 0 Å². The van der Waals surface area contributed by atoms with Gasteiger partial charge in [-0.25, -0.2) is 15.0 Å². The van der Waals surface area contributed by atoms with E-state index in [9.17, 15) is 4.79 Å². The average molecular weight is 348 g/mol. The summed E-state index contributed by atoms with van der Waals surface area (Å²) in [5, 5.41) is 12.1. The van der Waals surface area contributed by atoms with Gasteiger partial charge in [-0.1, -0.05) is 0 Å². The molecule has 1 unspecified atom stereocenters. The predicted octanol–water partition coefficient (Wildman–Crippen LogP) is 1.84. The van der Waals surface area contributed by atoms with E-state index in [1.807, 2.05) is 6.07 Å². The van der Waals surface area contributed by atoms with Crippen LogP contribution in [0.5, 0.6) is 0 Å². The van der Waals surface area contributed by atoms with Gasteiger partial charge in [0.1, 0.15) is 23.4 Å². The highest BCUT2D eigenvalue weighted by atomic mass is 16.2. The van der Waals surface area contributed by atoms with Crippen molar-refractivity contribution in [3.8, 4) is 6.07 Å². The number of pyridine rings is 1. The average Bonchev–Trinajstić information content (AvgIpc) is 3.39. The normalized spacial score (nSPS) is 20.5. The van der Waals surface area contributed by atoms with Crippen molar-refractivity contribution >= 4 is 11.7 Å². The molecule has 7 nitrogen and oxygen atoms in total. The van der Waals surface area contributed by atoms with Gasteiger partial charge in [-0.3, -0.25) is 4.79 Å². The zero-order valence-corrected chi connectivity index (χ0v) is 14.6. The first-order chi connectivity index (χ1) is 12.6. The first kappa shape index (κ1) is 16.5. The first-order valence-corrected chi connectivity index (χ1v) is 8.79. The highest BCUT2D eigenvalue weighted by Gasteiger charge is 2.49. The van der Waals surface area contributed by atoms with Gasteiger partial charge in [-0.15, -0.1) is 0 Å². The first-order valence-electron chi connectivity index (χ1n) is 8.79. The summed E-state index contributed by atoms with van der Waals surface area (Å²) < 4.78 is 0. The Balaban J connectivity index is 1.49. The summed E-state index contributed by atoms with van der Waals surface area (Å²) in [7, 11) is 0. The number of piperidine rings is 1. The summed E-state index contributed by atoms with van der Waals surface area (Å²) in [4.78, 5) is 27.4. The quantitative estimate of drug-likeness (QED) is 0.909. The van der Waals surface area contributed by atoms with Crippen LogP contribution in [0.4, 0.5) is 5.82 Å². The van der Waals surface area contributed by atoms with Crippen molar-refractivity contribution in [2.45, 2.75) is 32.2 Å². The Hall–Kier alpha value is -3.01. The Morgan fingerprint density at radius 3 is 2.85 bits per heavy atom. The smallest absolute Gasteiger partial charge is 0.270 e. The molecule has 1 atom stereocenters. The Morgan fingerprint density at radius 1 is 1.35 bits per heavy atom. The lowest BCUT2D eigenvalue weighted by Gasteiger charge is -2.39. The van der Waals surface area contributed by atoms with Crippen LogP contribution < -0.4 is 10.2 Å². The number of anilines is 1. The second-order valence-electron chi connectivity index (χ2n) is 7.26. The number of hydrogen-bond donors (Lipinski definition) is 1. The summed E-state index contributed by atoms with van der Waals surface area (Å²) in [6, 6.07) is 7.44. The van der Waals surface area contributed by atoms with Gasteiger partial charge in [0.05, 0.1) is 5.56 Å². The molecule has 1 spiro atoms. The SMILES string of the molecule is Cc1nccc(C(=O)NC2CN(c3ccc(C#N)cn3)CC3(CC3)C2)n1. The number of aromatic nitrogens is 3. The molecule has 1 aliphatic carbocycles. The van der Waals surface area contributed by atoms with Crippen molar-refractivity contribution in [3.63, 3.8) is 0 Å². The van der Waals surface area contributed by atoms with Gasteiger partial charge in [-0.05, 0) is 49.8 Å². The molecule has 4 rings (SSSR count). The van der Waals surface area contributed by atoms with Crippen LogP contribution in [0.15, 0.2) is 30.6 Å². The van der Waals surface area contributed by atoms with Gasteiger partial charge in [0.15, 0.2) is 0 Å². The van der Waals surface area contributed by atoms with Crippen molar-refractivity contribution in [1.29, 1.82) is 5.26 Å². The molecular weight excluding hydrogens is 328 g/mol. The van der Waals surface area contributed by atoms with E-state index in [4.69, 9.17) is 5.26 Å². The van der Waals surface area contributed by atoms with Gasteiger partial charge in [0, 0.05) is 31.5 Å². The molecule has 2 aromatic heterocycles. The third kappa shape index (κ3) is 3.36. The molecule has 1 saturated carbocycles. The standard InChI is InChI=1S/C19H20N6O/c1-13-21-7-4-16(23-13)18(26)24-15-8-19(5-6-19)12-25(11-15)17-3-2-14(9-20)10-22-17/h2-4,7,10,15H,5-6,8,11-12H2,1H3,(H,24,26). The number of nitriles is 1. The minimum absolute atomic E-state index is 0.0477. The van der Waals surface area contributed by atoms with Crippen LogP contribution in [-0.2, 0) is 0 Å². The fraction of sp³-hybridized carbons (Fsp3) is 0.421. The Labute approximate surface area is 152 Å². The fourth-order valence-corrected chi connectivity index (χ4v) is 3.68. The molecule has 132 valence electrons. The third-order valence-electron chi connectivity index (χ3n) is 5.15. The van der Waals surface area contributed by atoms with Crippen LogP contribution in [0.1, 0.15) is 41.1 Å². The lowest BCUT2D eigenvalue weighted by molar-refractivity contribution is 0.0920. The van der Waals surface area contributed by atoms with E-state index in [2.05, 4.69) is 31.2 Å². The molecule has 2 fully saturated rings. The van der Waals surface area contributed by atoms with E-state index in [1.165, 1.54) is 12.8 Å². The molecule has 0 bridgehead atoms. The fourth-order valence-electron chi connectivity index (χ4n) is 3.68. The molecule has 0 radical (unpaired) electrons. The van der Waals surface area contributed by atoms with Crippen molar-refractivity contribution < 1.29 is 4.79 Å². The molecule has 7 heteroatoms. The van der Waals surface area contributed by atoms with E-state index < -0.39 is 0 Å². The van der Waals surface area contributed by atoms with E-state index in [-0.39, 0.29) is 17.4 Å². The monoisotopic (exact) mass is 348 g/mol. The molecule has 1 N–H and O–H groups in total. The van der Waals surface area contributed by atoms with Gasteiger partial charge in [0.2, 0.25) is 0 Å². The molecule has 3 heterocycles. The maximum Gasteiger partial charge on any atom is 0.270 e. The van der Waals surface area contributed by atoms with E-state index in [1.54, 1.807) is 31.5 Å². The number of aryl methyl sites for hydroxylation is 1. The van der Waals surface area contributed by atoms with E-state index in [0.29, 0.717) is 23.6 Å². The Kier molecular flexibility index (Phi) is 4.03. The minimum Gasteiger partial charge on any atom is -0.354 e. The van der Waals surface area contributed by atoms with Crippen molar-refractivity contribution in [1.82, 2.24) is 20.3 Å². The molecule has 0 aromatic carbocycles. The summed E-state index contributed by atoms with van der Waals surface area (Å²) >= 11 is 0. The summed E-state index contributed by atoms with van der Waals surface area (Å²) in [6.07, 6.45) is 6.54. The topological polar surface area (TPSA) is 94.8 Å². The predicted molar refractivity (Wildman–Crippen MR) is 95.5 cm³/mol. The number of carbonyl (C=O) groups excluding carboxylic acids is 1. The van der Waals surface area contributed by atoms with Crippen molar-refractivity contribution in [2.24, 2.45) is 5.41 Å². The van der Waals surface area contributed by atoms with Gasteiger partial charge in [-0.2, -0.15) is 5.26 Å². The van der Waals surface area contributed by atoms with Gasteiger partial charge >= 0.3 is 0 Å². The van der Waals surface area contributed by atoms with Crippen LogP contribution in [0.25, 0.3) is 0 Å². The summed E-state index contributed by atoms with van der Waals surface area (Å²) in [5.41, 5.74) is 1.22. The van der Waals surface area contributed by atoms with Crippen molar-refractivity contribution in [3.05, 3.63) is 47.7 Å². The maximum absolute atomic E-state index is 12.6. The molecular formula is C19H20N6O. The summed E-state index contributed by atoms with van der Waals surface area (Å²) in [6.45, 7) is 3.43. The highest BCUT2D eigenvalue weighted by Crippen LogP contribution is 2.52. The zero-order chi connectivity index (χ0) is 18.1. The Bertz CT molecular complexity index is 868. The molecule has 2 aliphatic rings. The number of nitrogens with one attached hydrogen (secondary N) is 1. The lowest BCUT2D eigenvalue weighted by Crippen LogP contribution is -2.52. The molecule has 1 amide bonds. The molecule has 1 aliphatic heterocycles. The van der Waals surface area contributed by atoms with E-state index in [0.717, 1.165) is 18.8 Å². The number of nitrogens with zero attached hydrogens (tertiary/aromatic N) is 5. The lowest BCUT2D eigenvalue weighted by atomic mass is 9.91. The number of rotatable bonds is 3. The van der Waals surface area contributed by atoms with Crippen molar-refractivity contribution in [2.75, 3.05) is 18.0 Å². The number of carbonyl (C=O) groups is 1.